The molecule has 3 aliphatic heterocycles. The molecule has 4 rings (SSSR count). The van der Waals surface area contributed by atoms with Crippen molar-refractivity contribution < 1.29 is 19.1 Å². The number of benzene rings is 1. The molecule has 1 N–H and O–H groups in total. The van der Waals surface area contributed by atoms with Crippen LogP contribution in [0, 0.1) is 11.8 Å². The minimum atomic E-state index is -0.111. The topological polar surface area (TPSA) is 71.1 Å². The average molecular weight is 444 g/mol. The Balaban J connectivity index is 1.48. The van der Waals surface area contributed by atoms with Crippen LogP contribution in [0.1, 0.15) is 45.1 Å². The molecule has 3 saturated heterocycles. The maximum absolute atomic E-state index is 12.8. The highest BCUT2D eigenvalue weighted by Gasteiger charge is 2.51. The summed E-state index contributed by atoms with van der Waals surface area (Å²) in [5, 5.41) is 3.04. The van der Waals surface area contributed by atoms with Crippen molar-refractivity contribution in [1.82, 2.24) is 15.1 Å². The number of amides is 2. The quantitative estimate of drug-likeness (QED) is 0.668. The van der Waals surface area contributed by atoms with Crippen LogP contribution in [-0.4, -0.2) is 73.2 Å². The van der Waals surface area contributed by atoms with Crippen LogP contribution in [0.15, 0.2) is 24.3 Å². The molecule has 0 spiro atoms. The second-order valence-electron chi connectivity index (χ2n) is 9.78. The van der Waals surface area contributed by atoms with Crippen LogP contribution in [0.5, 0.6) is 5.75 Å². The first-order valence-corrected chi connectivity index (χ1v) is 12.0. The normalized spacial score (nSPS) is 27.7. The second-order valence-corrected chi connectivity index (χ2v) is 9.78. The van der Waals surface area contributed by atoms with Gasteiger partial charge in [0.15, 0.2) is 0 Å². The zero-order valence-corrected chi connectivity index (χ0v) is 19.6. The maximum Gasteiger partial charge on any atom is 0.225 e. The van der Waals surface area contributed by atoms with E-state index in [0.717, 1.165) is 44.8 Å². The zero-order chi connectivity index (χ0) is 22.7. The summed E-state index contributed by atoms with van der Waals surface area (Å²) >= 11 is 0. The average Bonchev–Trinajstić information content (AvgIpc) is 3.48. The molecule has 0 radical (unpaired) electrons. The molecule has 1 aromatic carbocycles. The lowest BCUT2D eigenvalue weighted by molar-refractivity contribution is -0.133. The van der Waals surface area contributed by atoms with Gasteiger partial charge in [-0.2, -0.15) is 0 Å². The molecule has 0 unspecified atom stereocenters. The third-order valence-electron chi connectivity index (χ3n) is 7.09. The molecule has 4 atom stereocenters. The summed E-state index contributed by atoms with van der Waals surface area (Å²) in [5.74, 6) is 1.52. The van der Waals surface area contributed by atoms with Crippen molar-refractivity contribution >= 4 is 11.8 Å². The van der Waals surface area contributed by atoms with Crippen LogP contribution in [0.2, 0.25) is 0 Å². The molecule has 1 aromatic rings. The van der Waals surface area contributed by atoms with E-state index in [4.69, 9.17) is 9.47 Å². The fourth-order valence-corrected chi connectivity index (χ4v) is 5.69. The van der Waals surface area contributed by atoms with Gasteiger partial charge in [0, 0.05) is 50.6 Å². The van der Waals surface area contributed by atoms with Crippen molar-refractivity contribution in [2.24, 2.45) is 11.8 Å². The molecule has 7 nitrogen and oxygen atoms in total. The Morgan fingerprint density at radius 1 is 1.22 bits per heavy atom. The van der Waals surface area contributed by atoms with Crippen LogP contribution >= 0.6 is 0 Å². The Labute approximate surface area is 191 Å². The maximum atomic E-state index is 12.8. The molecular weight excluding hydrogens is 406 g/mol. The number of methoxy groups -OCH3 is 1. The van der Waals surface area contributed by atoms with Gasteiger partial charge in [-0.3, -0.25) is 14.5 Å². The van der Waals surface area contributed by atoms with Crippen molar-refractivity contribution in [3.8, 4) is 5.75 Å². The van der Waals surface area contributed by atoms with Gasteiger partial charge in [0.2, 0.25) is 11.8 Å². The highest BCUT2D eigenvalue weighted by Crippen LogP contribution is 2.42. The first-order chi connectivity index (χ1) is 15.4. The number of carbonyl (C=O) groups is 2. The van der Waals surface area contributed by atoms with Crippen LogP contribution in [0.4, 0.5) is 0 Å². The van der Waals surface area contributed by atoms with E-state index in [1.807, 2.05) is 30.9 Å². The highest BCUT2D eigenvalue weighted by atomic mass is 16.5. The van der Waals surface area contributed by atoms with Gasteiger partial charge in [-0.1, -0.05) is 12.1 Å². The van der Waals surface area contributed by atoms with Gasteiger partial charge in [0.05, 0.1) is 26.2 Å². The van der Waals surface area contributed by atoms with Crippen molar-refractivity contribution in [2.75, 3.05) is 33.4 Å². The molecule has 2 amide bonds. The Morgan fingerprint density at radius 3 is 2.72 bits per heavy atom. The first kappa shape index (κ1) is 23.1. The third-order valence-corrected chi connectivity index (χ3v) is 7.09. The summed E-state index contributed by atoms with van der Waals surface area (Å²) in [6, 6.07) is 8.50. The number of hydrogen-bond donors (Lipinski definition) is 1. The lowest BCUT2D eigenvalue weighted by Crippen LogP contribution is -2.37. The lowest BCUT2D eigenvalue weighted by Gasteiger charge is -2.25. The van der Waals surface area contributed by atoms with E-state index in [9.17, 15) is 9.59 Å². The van der Waals surface area contributed by atoms with Crippen molar-refractivity contribution in [3.05, 3.63) is 29.8 Å². The fourth-order valence-electron chi connectivity index (χ4n) is 5.69. The first-order valence-electron chi connectivity index (χ1n) is 12.0. The largest absolute Gasteiger partial charge is 0.497 e. The highest BCUT2D eigenvalue weighted by molar-refractivity contribution is 5.77. The van der Waals surface area contributed by atoms with Gasteiger partial charge >= 0.3 is 0 Å². The van der Waals surface area contributed by atoms with Crippen molar-refractivity contribution in [1.29, 1.82) is 0 Å². The number of rotatable bonds is 8. The van der Waals surface area contributed by atoms with Crippen LogP contribution in [0.25, 0.3) is 0 Å². The second kappa shape index (κ2) is 10.2. The van der Waals surface area contributed by atoms with Crippen molar-refractivity contribution in [2.45, 2.75) is 64.3 Å². The number of carbonyl (C=O) groups excluding carboxylic acids is 2. The monoisotopic (exact) mass is 443 g/mol. The van der Waals surface area contributed by atoms with Crippen LogP contribution in [-0.2, 0) is 20.9 Å². The molecule has 7 heteroatoms. The SMILES string of the molecule is COc1cccc(CN2C[C@@H](CC(=O)NC(C)C)[C@H]3[C@H](CC(=O)N4CCCC4)OC[C@H]32)c1. The molecule has 0 saturated carbocycles. The van der Waals surface area contributed by atoms with E-state index in [0.29, 0.717) is 19.4 Å². The van der Waals surface area contributed by atoms with Crippen LogP contribution in [0.3, 0.4) is 0 Å². The summed E-state index contributed by atoms with van der Waals surface area (Å²) < 4.78 is 11.6. The van der Waals surface area contributed by atoms with E-state index < -0.39 is 0 Å². The molecule has 3 aliphatic rings. The summed E-state index contributed by atoms with van der Waals surface area (Å²) in [7, 11) is 1.68. The van der Waals surface area contributed by atoms with Gasteiger partial charge < -0.3 is 19.7 Å². The lowest BCUT2D eigenvalue weighted by atomic mass is 9.84. The van der Waals surface area contributed by atoms with Gasteiger partial charge in [-0.05, 0) is 50.3 Å². The molecular formula is C25H37N3O4. The number of nitrogens with zero attached hydrogens (tertiary/aromatic N) is 2. The predicted molar refractivity (Wildman–Crippen MR) is 122 cm³/mol. The molecule has 0 bridgehead atoms. The van der Waals surface area contributed by atoms with E-state index in [1.165, 1.54) is 5.56 Å². The standard InChI is InChI=1S/C25H37N3O4/c1-17(2)26-23(29)12-19-15-28(14-18-7-6-8-20(11-18)31-3)21-16-32-22(25(19)21)13-24(30)27-9-4-5-10-27/h6-8,11,17,19,21-22,25H,4-5,9-10,12-16H2,1-3H3,(H,26,29)/t19-,21-,22+,25-/m1/s1. The third kappa shape index (κ3) is 5.26. The summed E-state index contributed by atoms with van der Waals surface area (Å²) in [6.07, 6.45) is 2.98. The Morgan fingerprint density at radius 2 is 2.00 bits per heavy atom. The summed E-state index contributed by atoms with van der Waals surface area (Å²) in [4.78, 5) is 29.9. The van der Waals surface area contributed by atoms with E-state index in [2.05, 4.69) is 22.3 Å². The minimum Gasteiger partial charge on any atom is -0.497 e. The Kier molecular flexibility index (Phi) is 7.36. The zero-order valence-electron chi connectivity index (χ0n) is 19.6. The number of likely N-dealkylation sites (tertiary alicyclic amines) is 2. The number of hydrogen-bond acceptors (Lipinski definition) is 5. The molecule has 0 aliphatic carbocycles. The van der Waals surface area contributed by atoms with Gasteiger partial charge in [-0.25, -0.2) is 0 Å². The number of nitrogens with one attached hydrogen (secondary N) is 1. The van der Waals surface area contributed by atoms with E-state index in [1.54, 1.807) is 7.11 Å². The van der Waals surface area contributed by atoms with E-state index >= 15 is 0 Å². The molecule has 32 heavy (non-hydrogen) atoms. The number of ether oxygens (including phenoxy) is 2. The van der Waals surface area contributed by atoms with Crippen LogP contribution < -0.4 is 10.1 Å². The summed E-state index contributed by atoms with van der Waals surface area (Å²) in [6.45, 7) is 7.95. The van der Waals surface area contributed by atoms with Gasteiger partial charge in [0.1, 0.15) is 5.75 Å². The van der Waals surface area contributed by atoms with Gasteiger partial charge in [0.25, 0.3) is 0 Å². The Bertz CT molecular complexity index is 808. The van der Waals surface area contributed by atoms with E-state index in [-0.39, 0.29) is 41.8 Å². The predicted octanol–water partition coefficient (Wildman–Crippen LogP) is 2.44. The molecule has 3 fully saturated rings. The fraction of sp³-hybridized carbons (Fsp3) is 0.680. The Hall–Kier alpha value is -2.12. The molecule has 0 aromatic heterocycles. The number of fused-ring (bicyclic) bond motifs is 1. The molecule has 176 valence electrons. The molecule has 3 heterocycles. The minimum absolute atomic E-state index is 0.0866. The smallest absolute Gasteiger partial charge is 0.225 e. The summed E-state index contributed by atoms with van der Waals surface area (Å²) in [5.41, 5.74) is 1.19. The van der Waals surface area contributed by atoms with Crippen molar-refractivity contribution in [3.63, 3.8) is 0 Å². The van der Waals surface area contributed by atoms with Gasteiger partial charge in [-0.15, -0.1) is 0 Å².